The number of anilines is 1. The number of nitrogens with one attached hydrogen (secondary N) is 1. The Kier molecular flexibility index (Phi) is 7.11. The lowest BCUT2D eigenvalue weighted by Gasteiger charge is -2.26. The zero-order chi connectivity index (χ0) is 17.6. The summed E-state index contributed by atoms with van der Waals surface area (Å²) in [5, 5.41) is 39.7. The van der Waals surface area contributed by atoms with Crippen molar-refractivity contribution >= 4 is 17.9 Å². The van der Waals surface area contributed by atoms with E-state index in [-0.39, 0.29) is 11.8 Å². The number of carbonyl (C=O) groups excluding carboxylic acids is 2. The lowest BCUT2D eigenvalue weighted by atomic mass is 10.0. The molecule has 5 N–H and O–H groups in total. The molecule has 1 aromatic rings. The van der Waals surface area contributed by atoms with E-state index in [1.807, 2.05) is 19.0 Å². The van der Waals surface area contributed by atoms with Gasteiger partial charge < -0.3 is 35.4 Å². The Morgan fingerprint density at radius 2 is 1.74 bits per heavy atom. The van der Waals surface area contributed by atoms with Crippen molar-refractivity contribution in [3.63, 3.8) is 0 Å². The van der Waals surface area contributed by atoms with Crippen LogP contribution in [-0.4, -0.2) is 77.7 Å². The van der Waals surface area contributed by atoms with Gasteiger partial charge in [-0.05, 0) is 24.3 Å². The van der Waals surface area contributed by atoms with Crippen LogP contribution in [0.1, 0.15) is 10.4 Å². The van der Waals surface area contributed by atoms with Crippen LogP contribution in [0.15, 0.2) is 24.3 Å². The number of carbonyl (C=O) groups is 2. The summed E-state index contributed by atoms with van der Waals surface area (Å²) in [6.07, 6.45) is -4.89. The molecule has 0 unspecified atom stereocenters. The molecular formula is C15H22N2O6. The first kappa shape index (κ1) is 19.0. The second-order valence-corrected chi connectivity index (χ2v) is 5.31. The molecule has 0 aromatic heterocycles. The fraction of sp³-hybridized carbons (Fsp3) is 0.467. The maximum atomic E-state index is 12.1. The molecule has 4 atom stereocenters. The molecule has 23 heavy (non-hydrogen) atoms. The lowest BCUT2D eigenvalue weighted by molar-refractivity contribution is -0.119. The number of aliphatic hydroxyl groups excluding tert-OH is 4. The summed E-state index contributed by atoms with van der Waals surface area (Å²) in [6, 6.07) is 5.11. The smallest absolute Gasteiger partial charge is 0.251 e. The van der Waals surface area contributed by atoms with Gasteiger partial charge in [0.05, 0.1) is 6.61 Å². The maximum absolute atomic E-state index is 12.1. The molecule has 0 heterocycles. The van der Waals surface area contributed by atoms with Crippen LogP contribution in [0, 0.1) is 0 Å². The minimum absolute atomic E-state index is 0.254. The number of rotatable bonds is 8. The highest BCUT2D eigenvalue weighted by Crippen LogP contribution is 2.12. The van der Waals surface area contributed by atoms with Crippen molar-refractivity contribution in [2.24, 2.45) is 0 Å². The predicted octanol–water partition coefficient (Wildman–Crippen LogP) is -1.88. The molecule has 0 radical (unpaired) electrons. The molecule has 1 rings (SSSR count). The van der Waals surface area contributed by atoms with Crippen LogP contribution in [0.4, 0.5) is 5.69 Å². The van der Waals surface area contributed by atoms with E-state index in [4.69, 9.17) is 5.11 Å². The number of hydrogen-bond donors (Lipinski definition) is 5. The number of hydrogen-bond acceptors (Lipinski definition) is 7. The van der Waals surface area contributed by atoms with Crippen molar-refractivity contribution in [3.05, 3.63) is 29.8 Å². The largest absolute Gasteiger partial charge is 0.394 e. The molecule has 0 spiro atoms. The fourth-order valence-electron chi connectivity index (χ4n) is 1.89. The summed E-state index contributed by atoms with van der Waals surface area (Å²) >= 11 is 0. The molecule has 0 aliphatic carbocycles. The van der Waals surface area contributed by atoms with E-state index >= 15 is 0 Å². The van der Waals surface area contributed by atoms with Gasteiger partial charge in [-0.3, -0.25) is 4.79 Å². The zero-order valence-corrected chi connectivity index (χ0v) is 13.0. The fourth-order valence-corrected chi connectivity index (χ4v) is 1.89. The molecular weight excluding hydrogens is 304 g/mol. The van der Waals surface area contributed by atoms with E-state index in [0.717, 1.165) is 5.69 Å². The minimum Gasteiger partial charge on any atom is -0.394 e. The second kappa shape index (κ2) is 8.59. The topological polar surface area (TPSA) is 130 Å². The normalized spacial score (nSPS) is 16.1. The van der Waals surface area contributed by atoms with Crippen LogP contribution in [0.2, 0.25) is 0 Å². The molecule has 0 aliphatic rings. The third-order valence-electron chi connectivity index (χ3n) is 3.39. The van der Waals surface area contributed by atoms with Crippen LogP contribution in [0.3, 0.4) is 0 Å². The molecule has 0 saturated carbocycles. The van der Waals surface area contributed by atoms with E-state index in [1.54, 1.807) is 24.3 Å². The van der Waals surface area contributed by atoms with Crippen LogP contribution in [0.25, 0.3) is 0 Å². The third kappa shape index (κ3) is 5.00. The van der Waals surface area contributed by atoms with Gasteiger partial charge in [0.25, 0.3) is 5.91 Å². The molecule has 0 aliphatic heterocycles. The first-order valence-electron chi connectivity index (χ1n) is 7.00. The Bertz CT molecular complexity index is 519. The van der Waals surface area contributed by atoms with Crippen LogP contribution >= 0.6 is 0 Å². The highest BCUT2D eigenvalue weighted by Gasteiger charge is 2.32. The average Bonchev–Trinajstić information content (AvgIpc) is 2.57. The van der Waals surface area contributed by atoms with Gasteiger partial charge in [-0.15, -0.1) is 0 Å². The van der Waals surface area contributed by atoms with Gasteiger partial charge >= 0.3 is 0 Å². The monoisotopic (exact) mass is 326 g/mol. The Hall–Kier alpha value is -2.00. The molecule has 128 valence electrons. The predicted molar refractivity (Wildman–Crippen MR) is 83.2 cm³/mol. The summed E-state index contributed by atoms with van der Waals surface area (Å²) in [5.74, 6) is -0.614. The number of aldehydes is 1. The van der Waals surface area contributed by atoms with Gasteiger partial charge in [-0.2, -0.15) is 0 Å². The van der Waals surface area contributed by atoms with Crippen molar-refractivity contribution in [2.75, 3.05) is 25.6 Å². The molecule has 0 fully saturated rings. The summed E-state index contributed by atoms with van der Waals surface area (Å²) < 4.78 is 0. The van der Waals surface area contributed by atoms with E-state index < -0.39 is 36.9 Å². The van der Waals surface area contributed by atoms with Crippen LogP contribution in [-0.2, 0) is 4.79 Å². The van der Waals surface area contributed by atoms with Crippen molar-refractivity contribution in [2.45, 2.75) is 24.4 Å². The Labute approximate surface area is 134 Å². The maximum Gasteiger partial charge on any atom is 0.251 e. The Morgan fingerprint density at radius 1 is 1.17 bits per heavy atom. The van der Waals surface area contributed by atoms with Crippen LogP contribution < -0.4 is 10.2 Å². The van der Waals surface area contributed by atoms with E-state index in [0.29, 0.717) is 0 Å². The van der Waals surface area contributed by atoms with Gasteiger partial charge in [0.1, 0.15) is 30.6 Å². The quantitative estimate of drug-likeness (QED) is 0.354. The second-order valence-electron chi connectivity index (χ2n) is 5.31. The zero-order valence-electron chi connectivity index (χ0n) is 13.0. The van der Waals surface area contributed by atoms with Crippen molar-refractivity contribution in [1.82, 2.24) is 5.32 Å². The average molecular weight is 326 g/mol. The van der Waals surface area contributed by atoms with Gasteiger partial charge in [-0.25, -0.2) is 0 Å². The highest BCUT2D eigenvalue weighted by molar-refractivity contribution is 5.96. The highest BCUT2D eigenvalue weighted by atomic mass is 16.4. The van der Waals surface area contributed by atoms with Crippen LogP contribution in [0.5, 0.6) is 0 Å². The number of amides is 1. The number of aliphatic hydroxyl groups is 4. The molecule has 0 saturated heterocycles. The summed E-state index contributed by atoms with van der Waals surface area (Å²) in [4.78, 5) is 25.0. The third-order valence-corrected chi connectivity index (χ3v) is 3.39. The van der Waals surface area contributed by atoms with E-state index in [1.165, 1.54) is 0 Å². The SMILES string of the molecule is CN(C)c1ccc(C(=O)N[C@@H](C=O)[C@H](O)[C@@H](O)[C@H](O)CO)cc1. The molecule has 8 heteroatoms. The molecule has 1 aromatic carbocycles. The van der Waals surface area contributed by atoms with Gasteiger partial charge in [-0.1, -0.05) is 0 Å². The molecule has 0 bridgehead atoms. The van der Waals surface area contributed by atoms with E-state index in [9.17, 15) is 24.9 Å². The number of benzene rings is 1. The standard InChI is InChI=1S/C15H22N2O6/c1-17(2)10-5-3-9(4-6-10)15(23)16-11(7-18)13(21)14(22)12(20)8-19/h3-7,11-14,19-22H,8H2,1-2H3,(H,16,23)/t11-,12+,13-,14-/m0/s1. The van der Waals surface area contributed by atoms with Gasteiger partial charge in [0.15, 0.2) is 0 Å². The first-order valence-corrected chi connectivity index (χ1v) is 7.00. The van der Waals surface area contributed by atoms with Gasteiger partial charge in [0, 0.05) is 25.3 Å². The summed E-state index contributed by atoms with van der Waals surface area (Å²) in [7, 11) is 3.70. The summed E-state index contributed by atoms with van der Waals surface area (Å²) in [6.45, 7) is -0.788. The number of nitrogens with zero attached hydrogens (tertiary/aromatic N) is 1. The van der Waals surface area contributed by atoms with Crippen molar-refractivity contribution < 1.29 is 30.0 Å². The molecule has 1 amide bonds. The summed E-state index contributed by atoms with van der Waals surface area (Å²) in [5.41, 5.74) is 1.15. The molecule has 8 nitrogen and oxygen atoms in total. The Morgan fingerprint density at radius 3 is 2.17 bits per heavy atom. The minimum atomic E-state index is -1.77. The van der Waals surface area contributed by atoms with E-state index in [2.05, 4.69) is 5.32 Å². The van der Waals surface area contributed by atoms with Crippen molar-refractivity contribution in [3.8, 4) is 0 Å². The first-order chi connectivity index (χ1) is 10.8. The lowest BCUT2D eigenvalue weighted by Crippen LogP contribution is -2.53. The Balaban J connectivity index is 2.78. The van der Waals surface area contributed by atoms with Crippen molar-refractivity contribution in [1.29, 1.82) is 0 Å². The van der Waals surface area contributed by atoms with Gasteiger partial charge in [0.2, 0.25) is 0 Å².